The van der Waals surface area contributed by atoms with Gasteiger partial charge < -0.3 is 20.1 Å². The molecule has 0 bridgehead atoms. The van der Waals surface area contributed by atoms with Crippen molar-refractivity contribution in [2.24, 2.45) is 23.7 Å². The van der Waals surface area contributed by atoms with Crippen LogP contribution in [0.1, 0.15) is 47.2 Å². The number of carboxylic acids is 1. The predicted molar refractivity (Wildman–Crippen MR) is 196 cm³/mol. The maximum atomic E-state index is 15.3. The van der Waals surface area contributed by atoms with Gasteiger partial charge in [-0.2, -0.15) is 5.01 Å². The van der Waals surface area contributed by atoms with Gasteiger partial charge in [0.15, 0.2) is 11.5 Å². The van der Waals surface area contributed by atoms with Gasteiger partial charge in [-0.25, -0.2) is 14.1 Å². The van der Waals surface area contributed by atoms with E-state index in [1.54, 1.807) is 43.3 Å². The number of carbonyl (C=O) groups is 5. The summed E-state index contributed by atoms with van der Waals surface area (Å²) in [6.45, 7) is 1.96. The number of allylic oxidation sites excluding steroid dienone is 2. The Morgan fingerprint density at radius 1 is 0.909 bits per heavy atom. The van der Waals surface area contributed by atoms with Gasteiger partial charge >= 0.3 is 5.97 Å². The average molecular weight is 766 g/mol. The molecule has 3 fully saturated rings. The van der Waals surface area contributed by atoms with Crippen LogP contribution in [0.5, 0.6) is 17.2 Å². The summed E-state index contributed by atoms with van der Waals surface area (Å²) in [4.78, 5) is 71.2. The van der Waals surface area contributed by atoms with Gasteiger partial charge in [0.05, 0.1) is 41.2 Å². The highest BCUT2D eigenvalue weighted by Crippen LogP contribution is 2.64. The molecular weight excluding hydrogens is 733 g/mol. The van der Waals surface area contributed by atoms with E-state index in [0.29, 0.717) is 21.7 Å². The highest BCUT2D eigenvalue weighted by atomic mass is 35.5. The van der Waals surface area contributed by atoms with Crippen molar-refractivity contribution in [1.29, 1.82) is 0 Å². The highest BCUT2D eigenvalue weighted by molar-refractivity contribution is 6.30. The quantitative estimate of drug-likeness (QED) is 0.120. The largest absolute Gasteiger partial charge is 0.507 e. The summed E-state index contributed by atoms with van der Waals surface area (Å²) < 4.78 is 19.7. The fourth-order valence-corrected chi connectivity index (χ4v) is 9.23. The lowest BCUT2D eigenvalue weighted by atomic mass is 9.49. The lowest BCUT2D eigenvalue weighted by Crippen LogP contribution is -2.53. The van der Waals surface area contributed by atoms with Crippen molar-refractivity contribution in [1.82, 2.24) is 5.01 Å². The Bertz CT molecular complexity index is 2330. The molecule has 8 rings (SSSR count). The summed E-state index contributed by atoms with van der Waals surface area (Å²) in [5.41, 5.74) is 2.72. The molecular formula is C41H33ClFN3O9. The average Bonchev–Trinajstić information content (AvgIpc) is 3.54. The number of nitrogens with one attached hydrogen (secondary N) is 1. The Kier molecular flexibility index (Phi) is 8.64. The van der Waals surface area contributed by atoms with Crippen LogP contribution in [-0.4, -0.2) is 56.5 Å². The zero-order chi connectivity index (χ0) is 38.9. The zero-order valence-corrected chi connectivity index (χ0v) is 29.9. The van der Waals surface area contributed by atoms with Crippen molar-refractivity contribution in [3.05, 3.63) is 124 Å². The number of halogens is 2. The number of rotatable bonds is 8. The monoisotopic (exact) mass is 765 g/mol. The molecule has 0 radical (unpaired) electrons. The fourth-order valence-electron chi connectivity index (χ4n) is 9.11. The van der Waals surface area contributed by atoms with Crippen LogP contribution >= 0.6 is 11.6 Å². The molecule has 0 aromatic heterocycles. The first kappa shape index (κ1) is 35.8. The third-order valence-electron chi connectivity index (χ3n) is 11.3. The summed E-state index contributed by atoms with van der Waals surface area (Å²) in [7, 11) is 0. The van der Waals surface area contributed by atoms with Gasteiger partial charge in [-0.3, -0.25) is 24.6 Å². The number of benzene rings is 4. The Hall–Kier alpha value is -6.21. The molecule has 2 aliphatic carbocycles. The maximum Gasteiger partial charge on any atom is 0.339 e. The number of ether oxygens (including phenoxy) is 1. The van der Waals surface area contributed by atoms with E-state index in [0.717, 1.165) is 22.0 Å². The van der Waals surface area contributed by atoms with Crippen molar-refractivity contribution in [3.8, 4) is 17.2 Å². The van der Waals surface area contributed by atoms with Crippen LogP contribution in [-0.2, 0) is 24.6 Å². The van der Waals surface area contributed by atoms with Gasteiger partial charge in [-0.1, -0.05) is 41.4 Å². The molecule has 4 N–H and O–H groups in total. The summed E-state index contributed by atoms with van der Waals surface area (Å²) >= 11 is 6.35. The molecule has 12 nitrogen and oxygen atoms in total. The third-order valence-corrected chi connectivity index (χ3v) is 11.6. The second kappa shape index (κ2) is 13.3. The van der Waals surface area contributed by atoms with E-state index in [1.807, 2.05) is 6.08 Å². The SMILES string of the molecule is CCOc1cc([C@H]2C3=CC[C@@H]4C(=O)N(c5ccc(C(=O)O)c(O)c5)C(=O)[C@@H]4[C@@H]3C[C@H]3C(=O)N(Nc4ccc(F)cc4)C(=O)[C@@]23c2ccc(Cl)cc2)ccc1O. The maximum absolute atomic E-state index is 15.3. The Balaban J connectivity index is 1.31. The standard InChI is InChI=1S/C41H33ClFN3O9/c1-2-55-33-17-20(3-16-31(33)47)35-26-14-15-28-34(38(51)45(36(28)49)25-12-13-27(39(52)53)32(48)18-25)29(26)19-30-37(50)46(44-24-10-8-23(43)9-11-24)40(54)41(30,35)21-4-6-22(42)7-5-21/h3-14,16-18,28-30,34-35,44,47-48H,2,15,19H2,1H3,(H,52,53)/t28-,29+,30-,34-,35-,41+/m0/s1. The normalized spacial score (nSPS) is 25.7. The first-order chi connectivity index (χ1) is 26.4. The Labute approximate surface area is 318 Å². The Morgan fingerprint density at radius 2 is 1.64 bits per heavy atom. The van der Waals surface area contributed by atoms with Gasteiger partial charge in [-0.15, -0.1) is 0 Å². The summed E-state index contributed by atoms with van der Waals surface area (Å²) in [6, 6.07) is 19.9. The summed E-state index contributed by atoms with van der Waals surface area (Å²) in [5, 5.41) is 32.0. The first-order valence-corrected chi connectivity index (χ1v) is 18.0. The molecule has 1 saturated carbocycles. The van der Waals surface area contributed by atoms with Gasteiger partial charge in [0.2, 0.25) is 11.8 Å². The molecule has 0 unspecified atom stereocenters. The molecule has 2 saturated heterocycles. The van der Waals surface area contributed by atoms with E-state index in [2.05, 4.69) is 5.43 Å². The van der Waals surface area contributed by atoms with Crippen LogP contribution in [0.3, 0.4) is 0 Å². The van der Waals surface area contributed by atoms with Crippen LogP contribution in [0.15, 0.2) is 96.6 Å². The minimum absolute atomic E-state index is 0.00185. The third kappa shape index (κ3) is 5.43. The molecule has 2 aliphatic heterocycles. The number of carboxylic acid groups (broad SMARTS) is 1. The molecule has 280 valence electrons. The van der Waals surface area contributed by atoms with E-state index in [9.17, 15) is 38.9 Å². The number of imide groups is 2. The minimum atomic E-state index is -1.64. The van der Waals surface area contributed by atoms with E-state index in [-0.39, 0.29) is 42.3 Å². The molecule has 55 heavy (non-hydrogen) atoms. The number of amides is 4. The van der Waals surface area contributed by atoms with E-state index >= 15 is 4.79 Å². The predicted octanol–water partition coefficient (Wildman–Crippen LogP) is 6.18. The number of hydrazine groups is 1. The number of anilines is 2. The van der Waals surface area contributed by atoms with Crippen molar-refractivity contribution in [2.75, 3.05) is 16.9 Å². The van der Waals surface area contributed by atoms with Crippen molar-refractivity contribution >= 4 is 52.6 Å². The molecule has 4 aliphatic rings. The first-order valence-electron chi connectivity index (χ1n) is 17.6. The van der Waals surface area contributed by atoms with Crippen LogP contribution in [0, 0.1) is 29.5 Å². The number of carbonyl (C=O) groups excluding carboxylic acids is 4. The molecule has 2 heterocycles. The van der Waals surface area contributed by atoms with Crippen molar-refractivity contribution in [3.63, 3.8) is 0 Å². The number of aromatic carboxylic acids is 1. The van der Waals surface area contributed by atoms with Crippen molar-refractivity contribution in [2.45, 2.75) is 31.1 Å². The van der Waals surface area contributed by atoms with Crippen LogP contribution in [0.4, 0.5) is 15.8 Å². The van der Waals surface area contributed by atoms with Crippen LogP contribution in [0.25, 0.3) is 0 Å². The van der Waals surface area contributed by atoms with Gasteiger partial charge in [0.25, 0.3) is 11.8 Å². The van der Waals surface area contributed by atoms with Gasteiger partial charge in [0, 0.05) is 17.0 Å². The smallest absolute Gasteiger partial charge is 0.339 e. The number of fused-ring (bicyclic) bond motifs is 4. The number of nitrogens with zero attached hydrogens (tertiary/aromatic N) is 2. The van der Waals surface area contributed by atoms with Gasteiger partial charge in [-0.05, 0) is 97.5 Å². The van der Waals surface area contributed by atoms with E-state index < -0.39 is 81.7 Å². The topological polar surface area (TPSA) is 174 Å². The molecule has 4 aromatic rings. The second-order valence-corrected chi connectivity index (χ2v) is 14.5. The number of phenols is 2. The molecule has 0 spiro atoms. The lowest BCUT2D eigenvalue weighted by Gasteiger charge is -2.50. The molecule has 14 heteroatoms. The summed E-state index contributed by atoms with van der Waals surface area (Å²) in [5.74, 6) is -9.52. The zero-order valence-electron chi connectivity index (χ0n) is 29.1. The lowest BCUT2D eigenvalue weighted by molar-refractivity contribution is -0.138. The highest BCUT2D eigenvalue weighted by Gasteiger charge is 2.70. The second-order valence-electron chi connectivity index (χ2n) is 14.1. The molecule has 6 atom stereocenters. The van der Waals surface area contributed by atoms with Crippen LogP contribution < -0.4 is 15.1 Å². The van der Waals surface area contributed by atoms with Crippen molar-refractivity contribution < 1.29 is 48.4 Å². The van der Waals surface area contributed by atoms with E-state index in [4.69, 9.17) is 16.3 Å². The molecule has 4 aromatic carbocycles. The van der Waals surface area contributed by atoms with Gasteiger partial charge in [0.1, 0.15) is 17.1 Å². The summed E-state index contributed by atoms with van der Waals surface area (Å²) in [6.07, 6.45) is 1.93. The molecule has 4 amide bonds. The Morgan fingerprint density at radius 3 is 2.31 bits per heavy atom. The van der Waals surface area contributed by atoms with Crippen LogP contribution in [0.2, 0.25) is 5.02 Å². The number of aromatic hydroxyl groups is 2. The number of hydrogen-bond donors (Lipinski definition) is 4. The van der Waals surface area contributed by atoms with E-state index in [1.165, 1.54) is 36.4 Å². The number of hydrogen-bond acceptors (Lipinski definition) is 9. The minimum Gasteiger partial charge on any atom is -0.507 e. The number of phenolic OH excluding ortho intramolecular Hbond substituents is 1. The fraction of sp³-hybridized carbons (Fsp3) is 0.244.